The molecule has 0 aliphatic heterocycles. The van der Waals surface area contributed by atoms with Gasteiger partial charge in [-0.3, -0.25) is 4.55 Å². The van der Waals surface area contributed by atoms with E-state index in [1.807, 2.05) is 0 Å². The van der Waals surface area contributed by atoms with Gasteiger partial charge in [-0.2, -0.15) is 8.42 Å². The standard InChI is InChI=1S/C14H20O5S/c1-2-3-4-5-6-7-11-8-9-12(14(15)16)10-13(11)20(17,18)19/h8-10H,2-7H2,1H3,(H,15,16)(H,17,18,19). The van der Waals surface area contributed by atoms with Crippen LogP contribution in [0.2, 0.25) is 0 Å². The second-order valence-corrected chi connectivity index (χ2v) is 6.16. The second kappa shape index (κ2) is 7.40. The predicted octanol–water partition coefficient (Wildman–Crippen LogP) is 3.14. The van der Waals surface area contributed by atoms with Crippen LogP contribution in [-0.4, -0.2) is 24.0 Å². The number of carboxylic acids is 1. The third kappa shape index (κ3) is 4.94. The van der Waals surface area contributed by atoms with Gasteiger partial charge in [-0.1, -0.05) is 38.7 Å². The topological polar surface area (TPSA) is 91.7 Å². The molecule has 112 valence electrons. The van der Waals surface area contributed by atoms with Gasteiger partial charge in [0.05, 0.1) is 10.5 Å². The molecular formula is C14H20O5S. The fraction of sp³-hybridized carbons (Fsp3) is 0.500. The Morgan fingerprint density at radius 3 is 2.35 bits per heavy atom. The first-order chi connectivity index (χ1) is 9.36. The van der Waals surface area contributed by atoms with Crippen LogP contribution in [0.5, 0.6) is 0 Å². The molecule has 0 aliphatic carbocycles. The maximum Gasteiger partial charge on any atom is 0.335 e. The Morgan fingerprint density at radius 2 is 1.80 bits per heavy atom. The highest BCUT2D eigenvalue weighted by Gasteiger charge is 2.17. The molecule has 0 radical (unpaired) electrons. The molecule has 0 spiro atoms. The molecule has 6 heteroatoms. The molecule has 0 unspecified atom stereocenters. The van der Waals surface area contributed by atoms with Crippen molar-refractivity contribution in [3.05, 3.63) is 29.3 Å². The minimum absolute atomic E-state index is 0.146. The third-order valence-electron chi connectivity index (χ3n) is 3.14. The Kier molecular flexibility index (Phi) is 6.16. The smallest absolute Gasteiger partial charge is 0.335 e. The van der Waals surface area contributed by atoms with Gasteiger partial charge >= 0.3 is 5.97 Å². The molecule has 0 atom stereocenters. The maximum atomic E-state index is 11.3. The number of carbonyl (C=O) groups is 1. The summed E-state index contributed by atoms with van der Waals surface area (Å²) in [7, 11) is -4.40. The van der Waals surface area contributed by atoms with E-state index in [1.54, 1.807) is 0 Å². The monoisotopic (exact) mass is 300 g/mol. The van der Waals surface area contributed by atoms with E-state index in [9.17, 15) is 17.8 Å². The third-order valence-corrected chi connectivity index (χ3v) is 4.08. The summed E-state index contributed by atoms with van der Waals surface area (Å²) in [4.78, 5) is 10.5. The van der Waals surface area contributed by atoms with Crippen LogP contribution >= 0.6 is 0 Å². The van der Waals surface area contributed by atoms with Crippen LogP contribution in [0.25, 0.3) is 0 Å². The molecule has 0 heterocycles. The highest BCUT2D eigenvalue weighted by Crippen LogP contribution is 2.20. The normalized spacial score (nSPS) is 11.5. The molecule has 1 aromatic rings. The van der Waals surface area contributed by atoms with Crippen LogP contribution in [0.15, 0.2) is 23.1 Å². The van der Waals surface area contributed by atoms with Gasteiger partial charge in [0.25, 0.3) is 10.1 Å². The van der Waals surface area contributed by atoms with Gasteiger partial charge in [-0.15, -0.1) is 0 Å². The zero-order valence-electron chi connectivity index (χ0n) is 11.5. The number of rotatable bonds is 8. The molecule has 0 fully saturated rings. The van der Waals surface area contributed by atoms with Crippen molar-refractivity contribution in [2.75, 3.05) is 0 Å². The van der Waals surface area contributed by atoms with E-state index in [2.05, 4.69) is 6.92 Å². The summed E-state index contributed by atoms with van der Waals surface area (Å²) in [5.74, 6) is -1.22. The number of hydrogen-bond donors (Lipinski definition) is 2. The van der Waals surface area contributed by atoms with E-state index >= 15 is 0 Å². The van der Waals surface area contributed by atoms with Crippen LogP contribution in [-0.2, 0) is 16.5 Å². The summed E-state index contributed by atoms with van der Waals surface area (Å²) >= 11 is 0. The lowest BCUT2D eigenvalue weighted by Crippen LogP contribution is -2.06. The van der Waals surface area contributed by atoms with Crippen LogP contribution < -0.4 is 0 Å². The molecule has 20 heavy (non-hydrogen) atoms. The van der Waals surface area contributed by atoms with Gasteiger partial charge in [0.15, 0.2) is 0 Å². The lowest BCUT2D eigenvalue weighted by atomic mass is 10.0. The molecule has 0 saturated heterocycles. The van der Waals surface area contributed by atoms with Gasteiger partial charge in [0, 0.05) is 0 Å². The number of aryl methyl sites for hydroxylation is 1. The average Bonchev–Trinajstić information content (AvgIpc) is 2.37. The zero-order valence-corrected chi connectivity index (χ0v) is 12.3. The van der Waals surface area contributed by atoms with E-state index in [4.69, 9.17) is 5.11 Å². The van der Waals surface area contributed by atoms with Crippen molar-refractivity contribution in [2.45, 2.75) is 50.3 Å². The predicted molar refractivity (Wildman–Crippen MR) is 75.7 cm³/mol. The lowest BCUT2D eigenvalue weighted by Gasteiger charge is -2.08. The molecule has 0 aliphatic rings. The first kappa shape index (κ1) is 16.7. The number of aromatic carboxylic acids is 1. The van der Waals surface area contributed by atoms with Crippen molar-refractivity contribution >= 4 is 16.1 Å². The van der Waals surface area contributed by atoms with Gasteiger partial charge in [0.2, 0.25) is 0 Å². The van der Waals surface area contributed by atoms with Gasteiger partial charge in [-0.05, 0) is 30.5 Å². The molecular weight excluding hydrogens is 280 g/mol. The van der Waals surface area contributed by atoms with E-state index in [-0.39, 0.29) is 10.5 Å². The zero-order chi connectivity index (χ0) is 15.2. The van der Waals surface area contributed by atoms with Gasteiger partial charge in [0.1, 0.15) is 0 Å². The number of carboxylic acid groups (broad SMARTS) is 1. The Balaban J connectivity index is 2.87. The highest BCUT2D eigenvalue weighted by atomic mass is 32.2. The van der Waals surface area contributed by atoms with Crippen molar-refractivity contribution < 1.29 is 22.9 Å². The Hall–Kier alpha value is -1.40. The van der Waals surface area contributed by atoms with Crippen LogP contribution in [0, 0.1) is 0 Å². The molecule has 1 rings (SSSR count). The van der Waals surface area contributed by atoms with Crippen molar-refractivity contribution in [3.63, 3.8) is 0 Å². The van der Waals surface area contributed by atoms with E-state index in [1.165, 1.54) is 12.1 Å². The maximum absolute atomic E-state index is 11.3. The summed E-state index contributed by atoms with van der Waals surface area (Å²) in [5, 5.41) is 8.86. The average molecular weight is 300 g/mol. The Morgan fingerprint density at radius 1 is 1.15 bits per heavy atom. The van der Waals surface area contributed by atoms with Gasteiger partial charge < -0.3 is 5.11 Å². The molecule has 1 aromatic carbocycles. The number of unbranched alkanes of at least 4 members (excludes halogenated alkanes) is 4. The lowest BCUT2D eigenvalue weighted by molar-refractivity contribution is 0.0696. The van der Waals surface area contributed by atoms with Crippen LogP contribution in [0.3, 0.4) is 0 Å². The summed E-state index contributed by atoms with van der Waals surface area (Å²) < 4.78 is 31.8. The molecule has 5 nitrogen and oxygen atoms in total. The fourth-order valence-corrected chi connectivity index (χ4v) is 2.83. The molecule has 0 saturated carbocycles. The summed E-state index contributed by atoms with van der Waals surface area (Å²) in [6.07, 6.45) is 5.67. The van der Waals surface area contributed by atoms with Crippen LogP contribution in [0.1, 0.15) is 54.9 Å². The first-order valence-electron chi connectivity index (χ1n) is 6.70. The van der Waals surface area contributed by atoms with Gasteiger partial charge in [-0.25, -0.2) is 4.79 Å². The Bertz CT molecular complexity index is 563. The minimum atomic E-state index is -4.40. The van der Waals surface area contributed by atoms with Crippen molar-refractivity contribution in [1.29, 1.82) is 0 Å². The quantitative estimate of drug-likeness (QED) is 0.568. The fourth-order valence-electron chi connectivity index (χ4n) is 2.05. The van der Waals surface area contributed by atoms with Crippen molar-refractivity contribution in [2.24, 2.45) is 0 Å². The number of benzene rings is 1. The summed E-state index contributed by atoms with van der Waals surface area (Å²) in [6, 6.07) is 3.84. The highest BCUT2D eigenvalue weighted by molar-refractivity contribution is 7.85. The van der Waals surface area contributed by atoms with E-state index < -0.39 is 16.1 Å². The minimum Gasteiger partial charge on any atom is -0.478 e. The largest absolute Gasteiger partial charge is 0.478 e. The van der Waals surface area contributed by atoms with Crippen molar-refractivity contribution in [1.82, 2.24) is 0 Å². The molecule has 0 amide bonds. The number of hydrogen-bond acceptors (Lipinski definition) is 3. The Labute approximate surface area is 119 Å². The summed E-state index contributed by atoms with van der Waals surface area (Å²) in [5.41, 5.74) is 0.321. The summed E-state index contributed by atoms with van der Waals surface area (Å²) in [6.45, 7) is 2.11. The second-order valence-electron chi connectivity index (χ2n) is 4.77. The van der Waals surface area contributed by atoms with Crippen LogP contribution in [0.4, 0.5) is 0 Å². The molecule has 0 aromatic heterocycles. The van der Waals surface area contributed by atoms with Crippen molar-refractivity contribution in [3.8, 4) is 0 Å². The van der Waals surface area contributed by atoms with E-state index in [0.29, 0.717) is 12.0 Å². The SMILES string of the molecule is CCCCCCCc1ccc(C(=O)O)cc1S(=O)(=O)O. The van der Waals surface area contributed by atoms with E-state index in [0.717, 1.165) is 38.2 Å². The molecule has 0 bridgehead atoms. The first-order valence-corrected chi connectivity index (χ1v) is 8.14. The molecule has 2 N–H and O–H groups in total.